The van der Waals surface area contributed by atoms with Crippen molar-refractivity contribution in [1.29, 1.82) is 0 Å². The van der Waals surface area contributed by atoms with Crippen molar-refractivity contribution in [2.24, 2.45) is 0 Å². The second-order valence-electron chi connectivity index (χ2n) is 5.77. The van der Waals surface area contributed by atoms with Gasteiger partial charge in [-0.25, -0.2) is 4.98 Å². The largest absolute Gasteiger partial charge is 0.330 e. The minimum absolute atomic E-state index is 1.04. The molecule has 4 rings (SSSR count). The van der Waals surface area contributed by atoms with Gasteiger partial charge >= 0.3 is 0 Å². The maximum absolute atomic E-state index is 4.93. The normalized spacial score (nSPS) is 13.4. The van der Waals surface area contributed by atoms with Crippen LogP contribution in [-0.2, 0) is 13.0 Å². The van der Waals surface area contributed by atoms with Gasteiger partial charge < -0.3 is 4.57 Å². The molecule has 2 aromatic carbocycles. The fraction of sp³-hybridized carbons (Fsp3) is 0.211. The molecule has 1 aliphatic rings. The van der Waals surface area contributed by atoms with Gasteiger partial charge in [-0.3, -0.25) is 0 Å². The predicted molar refractivity (Wildman–Crippen MR) is 86.2 cm³/mol. The first-order chi connectivity index (χ1) is 10.3. The first-order valence-electron chi connectivity index (χ1n) is 7.54. The van der Waals surface area contributed by atoms with Crippen LogP contribution in [0.25, 0.3) is 22.6 Å². The average Bonchev–Trinajstić information content (AvgIpc) is 2.84. The number of aromatic nitrogens is 2. The Bertz CT molecular complexity index is 799. The maximum atomic E-state index is 4.93. The number of benzene rings is 2. The highest BCUT2D eigenvalue weighted by atomic mass is 15.1. The van der Waals surface area contributed by atoms with Crippen LogP contribution in [0.5, 0.6) is 0 Å². The van der Waals surface area contributed by atoms with Gasteiger partial charge in [0.15, 0.2) is 0 Å². The molecule has 0 atom stereocenters. The molecule has 0 N–H and O–H groups in total. The molecule has 0 spiro atoms. The summed E-state index contributed by atoms with van der Waals surface area (Å²) in [5.41, 5.74) is 6.25. The van der Waals surface area contributed by atoms with Gasteiger partial charge in [-0.1, -0.05) is 48.0 Å². The van der Waals surface area contributed by atoms with Gasteiger partial charge in [-0.15, -0.1) is 0 Å². The zero-order valence-electron chi connectivity index (χ0n) is 12.2. The van der Waals surface area contributed by atoms with Gasteiger partial charge in [0.25, 0.3) is 0 Å². The molecule has 0 saturated heterocycles. The molecular weight excluding hydrogens is 256 g/mol. The van der Waals surface area contributed by atoms with Gasteiger partial charge in [-0.2, -0.15) is 0 Å². The van der Waals surface area contributed by atoms with E-state index in [9.17, 15) is 0 Å². The minimum atomic E-state index is 1.04. The zero-order valence-corrected chi connectivity index (χ0v) is 12.2. The molecular formula is C19H18N2. The number of hydrogen-bond acceptors (Lipinski definition) is 1. The molecule has 0 aliphatic carbocycles. The highest BCUT2D eigenvalue weighted by Crippen LogP contribution is 2.30. The van der Waals surface area contributed by atoms with Crippen LogP contribution in [-0.4, -0.2) is 9.55 Å². The molecule has 0 unspecified atom stereocenters. The molecule has 2 nitrogen and oxygen atoms in total. The number of imidazole rings is 1. The lowest BCUT2D eigenvalue weighted by molar-refractivity contribution is 0.662. The van der Waals surface area contributed by atoms with E-state index in [1.807, 2.05) is 0 Å². The van der Waals surface area contributed by atoms with Crippen LogP contribution in [0.3, 0.4) is 0 Å². The number of nitrogens with zero attached hydrogens (tertiary/aromatic N) is 2. The molecule has 104 valence electrons. The molecule has 1 aromatic heterocycles. The standard InChI is InChI=1S/C19H18N2/c1-14-6-4-8-16(12-14)18-13-21-11-5-9-15-7-2-3-10-17(15)19(21)20-18/h2-4,6-8,10,12-13H,5,9,11H2,1H3. The Morgan fingerprint density at radius 2 is 1.95 bits per heavy atom. The number of hydrogen-bond donors (Lipinski definition) is 0. The molecule has 21 heavy (non-hydrogen) atoms. The average molecular weight is 274 g/mol. The summed E-state index contributed by atoms with van der Waals surface area (Å²) in [5, 5.41) is 0. The quantitative estimate of drug-likeness (QED) is 0.640. The fourth-order valence-corrected chi connectivity index (χ4v) is 3.14. The molecule has 0 bridgehead atoms. The number of rotatable bonds is 1. The van der Waals surface area contributed by atoms with Crippen molar-refractivity contribution in [2.75, 3.05) is 0 Å². The summed E-state index contributed by atoms with van der Waals surface area (Å²) >= 11 is 0. The summed E-state index contributed by atoms with van der Waals surface area (Å²) in [6.45, 7) is 3.17. The Kier molecular flexibility index (Phi) is 2.88. The van der Waals surface area contributed by atoms with Crippen LogP contribution in [0.4, 0.5) is 0 Å². The summed E-state index contributed by atoms with van der Waals surface area (Å²) in [7, 11) is 0. The Labute approximate surface area is 125 Å². The Morgan fingerprint density at radius 3 is 2.86 bits per heavy atom. The van der Waals surface area contributed by atoms with Crippen molar-refractivity contribution in [1.82, 2.24) is 9.55 Å². The molecule has 0 saturated carbocycles. The van der Waals surface area contributed by atoms with Gasteiger partial charge in [0.2, 0.25) is 0 Å². The van der Waals surface area contributed by atoms with E-state index in [1.165, 1.54) is 28.7 Å². The van der Waals surface area contributed by atoms with E-state index < -0.39 is 0 Å². The first kappa shape index (κ1) is 12.4. The monoisotopic (exact) mass is 274 g/mol. The lowest BCUT2D eigenvalue weighted by Gasteiger charge is -2.04. The van der Waals surface area contributed by atoms with Gasteiger partial charge in [0, 0.05) is 23.9 Å². The summed E-state index contributed by atoms with van der Waals surface area (Å²) in [4.78, 5) is 4.93. The second kappa shape index (κ2) is 4.88. The van der Waals surface area contributed by atoms with Crippen molar-refractivity contribution in [3.05, 3.63) is 65.9 Å². The zero-order chi connectivity index (χ0) is 14.2. The SMILES string of the molecule is Cc1cccc(-c2cn3c(n2)-c2ccccc2CCC3)c1. The van der Waals surface area contributed by atoms with Gasteiger partial charge in [0.1, 0.15) is 5.82 Å². The highest BCUT2D eigenvalue weighted by molar-refractivity contribution is 5.68. The van der Waals surface area contributed by atoms with E-state index in [0.717, 1.165) is 24.5 Å². The second-order valence-corrected chi connectivity index (χ2v) is 5.77. The Hall–Kier alpha value is -2.35. The molecule has 0 amide bonds. The van der Waals surface area contributed by atoms with Crippen LogP contribution < -0.4 is 0 Å². The van der Waals surface area contributed by atoms with Gasteiger partial charge in [0.05, 0.1) is 5.69 Å². The van der Waals surface area contributed by atoms with Crippen molar-refractivity contribution in [3.63, 3.8) is 0 Å². The Morgan fingerprint density at radius 1 is 1.05 bits per heavy atom. The number of fused-ring (bicyclic) bond motifs is 3. The van der Waals surface area contributed by atoms with Crippen LogP contribution in [0.1, 0.15) is 17.5 Å². The lowest BCUT2D eigenvalue weighted by Crippen LogP contribution is -1.95. The van der Waals surface area contributed by atoms with Crippen molar-refractivity contribution in [3.8, 4) is 22.6 Å². The van der Waals surface area contributed by atoms with E-state index in [1.54, 1.807) is 0 Å². The third-order valence-electron chi connectivity index (χ3n) is 4.19. The molecule has 3 aromatic rings. The third kappa shape index (κ3) is 2.17. The minimum Gasteiger partial charge on any atom is -0.330 e. The van der Waals surface area contributed by atoms with E-state index in [-0.39, 0.29) is 0 Å². The predicted octanol–water partition coefficient (Wildman–Crippen LogP) is 4.47. The Balaban J connectivity index is 1.87. The molecule has 0 radical (unpaired) electrons. The van der Waals surface area contributed by atoms with E-state index in [2.05, 4.69) is 66.2 Å². The van der Waals surface area contributed by atoms with E-state index in [4.69, 9.17) is 4.98 Å². The maximum Gasteiger partial charge on any atom is 0.140 e. The molecule has 2 heterocycles. The van der Waals surface area contributed by atoms with Crippen molar-refractivity contribution in [2.45, 2.75) is 26.3 Å². The summed E-state index contributed by atoms with van der Waals surface area (Å²) < 4.78 is 2.31. The van der Waals surface area contributed by atoms with E-state index in [0.29, 0.717) is 0 Å². The highest BCUT2D eigenvalue weighted by Gasteiger charge is 2.17. The summed E-state index contributed by atoms with van der Waals surface area (Å²) in [5.74, 6) is 1.11. The van der Waals surface area contributed by atoms with Gasteiger partial charge in [-0.05, 0) is 31.4 Å². The summed E-state index contributed by atoms with van der Waals surface area (Å²) in [6.07, 6.45) is 4.51. The van der Waals surface area contributed by atoms with Crippen molar-refractivity contribution >= 4 is 0 Å². The lowest BCUT2D eigenvalue weighted by atomic mass is 10.0. The molecule has 0 fully saturated rings. The first-order valence-corrected chi connectivity index (χ1v) is 7.54. The van der Waals surface area contributed by atoms with Crippen LogP contribution in [0.2, 0.25) is 0 Å². The fourth-order valence-electron chi connectivity index (χ4n) is 3.14. The smallest absolute Gasteiger partial charge is 0.140 e. The van der Waals surface area contributed by atoms with Crippen LogP contribution >= 0.6 is 0 Å². The topological polar surface area (TPSA) is 17.8 Å². The van der Waals surface area contributed by atoms with E-state index >= 15 is 0 Å². The molecule has 2 heteroatoms. The van der Waals surface area contributed by atoms with Crippen LogP contribution in [0, 0.1) is 6.92 Å². The molecule has 1 aliphatic heterocycles. The third-order valence-corrected chi connectivity index (χ3v) is 4.19. The van der Waals surface area contributed by atoms with Crippen LogP contribution in [0.15, 0.2) is 54.7 Å². The number of aryl methyl sites for hydroxylation is 3. The van der Waals surface area contributed by atoms with Crippen molar-refractivity contribution < 1.29 is 0 Å². The summed E-state index contributed by atoms with van der Waals surface area (Å²) in [6, 6.07) is 17.2.